The van der Waals surface area contributed by atoms with E-state index < -0.39 is 0 Å². The van der Waals surface area contributed by atoms with E-state index in [1.54, 1.807) is 6.07 Å². The van der Waals surface area contributed by atoms with Crippen LogP contribution in [0.25, 0.3) is 0 Å². The largest absolute Gasteiger partial charge is 0.397 e. The number of carbonyl (C=O) groups excluding carboxylic acids is 1. The van der Waals surface area contributed by atoms with Crippen LogP contribution in [0.15, 0.2) is 37.1 Å². The first-order valence-electron chi connectivity index (χ1n) is 4.54. The van der Waals surface area contributed by atoms with Crippen molar-refractivity contribution in [2.45, 2.75) is 0 Å². The smallest absolute Gasteiger partial charge is 0.259 e. The summed E-state index contributed by atoms with van der Waals surface area (Å²) in [4.78, 5) is 23.3. The van der Waals surface area contributed by atoms with Gasteiger partial charge in [-0.2, -0.15) is 0 Å². The van der Waals surface area contributed by atoms with E-state index in [-0.39, 0.29) is 5.91 Å². The molecule has 0 aliphatic rings. The number of aromatic nitrogens is 3. The van der Waals surface area contributed by atoms with Gasteiger partial charge in [0.05, 0.1) is 23.6 Å². The van der Waals surface area contributed by atoms with Gasteiger partial charge in [-0.25, -0.2) is 4.98 Å². The Bertz CT molecular complexity index is 500. The molecule has 0 radical (unpaired) electrons. The van der Waals surface area contributed by atoms with Crippen molar-refractivity contribution in [2.75, 3.05) is 11.1 Å². The van der Waals surface area contributed by atoms with E-state index in [9.17, 15) is 4.79 Å². The van der Waals surface area contributed by atoms with E-state index in [4.69, 9.17) is 5.73 Å². The fourth-order valence-electron chi connectivity index (χ4n) is 1.16. The van der Waals surface area contributed by atoms with E-state index in [1.807, 2.05) is 0 Å². The number of amides is 1. The molecule has 0 unspecified atom stereocenters. The van der Waals surface area contributed by atoms with Gasteiger partial charge in [0.1, 0.15) is 0 Å². The molecule has 6 nitrogen and oxygen atoms in total. The molecule has 0 saturated heterocycles. The van der Waals surface area contributed by atoms with Gasteiger partial charge in [0, 0.05) is 18.6 Å². The number of nitrogens with zero attached hydrogens (tertiary/aromatic N) is 3. The predicted molar refractivity (Wildman–Crippen MR) is 58.6 cm³/mol. The molecule has 0 aliphatic carbocycles. The maximum atomic E-state index is 11.7. The molecule has 0 saturated carbocycles. The summed E-state index contributed by atoms with van der Waals surface area (Å²) in [6, 6.07) is 1.54. The van der Waals surface area contributed by atoms with Crippen LogP contribution in [0.1, 0.15) is 10.4 Å². The van der Waals surface area contributed by atoms with Crippen LogP contribution in [-0.4, -0.2) is 20.9 Å². The van der Waals surface area contributed by atoms with Crippen LogP contribution in [0.3, 0.4) is 0 Å². The van der Waals surface area contributed by atoms with Crippen molar-refractivity contribution < 1.29 is 4.79 Å². The van der Waals surface area contributed by atoms with Crippen molar-refractivity contribution >= 4 is 17.4 Å². The second-order valence-electron chi connectivity index (χ2n) is 3.01. The second-order valence-corrected chi connectivity index (χ2v) is 3.01. The Morgan fingerprint density at radius 2 is 2.00 bits per heavy atom. The van der Waals surface area contributed by atoms with Gasteiger partial charge in [-0.1, -0.05) is 0 Å². The Kier molecular flexibility index (Phi) is 2.73. The predicted octanol–water partition coefficient (Wildman–Crippen LogP) is 0.706. The summed E-state index contributed by atoms with van der Waals surface area (Å²) in [5.41, 5.74) is 6.30. The summed E-state index contributed by atoms with van der Waals surface area (Å²) >= 11 is 0. The van der Waals surface area contributed by atoms with Crippen molar-refractivity contribution in [3.8, 4) is 0 Å². The fraction of sp³-hybridized carbons (Fsp3) is 0. The number of nitrogen functional groups attached to an aromatic ring is 1. The molecule has 0 bridgehead atoms. The van der Waals surface area contributed by atoms with Crippen molar-refractivity contribution in [1.82, 2.24) is 15.0 Å². The number of rotatable bonds is 2. The lowest BCUT2D eigenvalue weighted by Gasteiger charge is -2.05. The number of anilines is 2. The summed E-state index contributed by atoms with van der Waals surface area (Å²) in [7, 11) is 0. The monoisotopic (exact) mass is 215 g/mol. The lowest BCUT2D eigenvalue weighted by molar-refractivity contribution is 0.102. The maximum Gasteiger partial charge on any atom is 0.259 e. The Morgan fingerprint density at radius 1 is 1.19 bits per heavy atom. The van der Waals surface area contributed by atoms with Gasteiger partial charge in [-0.05, 0) is 6.07 Å². The summed E-state index contributed by atoms with van der Waals surface area (Å²) in [5.74, 6) is 0.0455. The summed E-state index contributed by atoms with van der Waals surface area (Å²) in [6.07, 6.45) is 7.39. The third-order valence-corrected chi connectivity index (χ3v) is 1.90. The molecule has 0 spiro atoms. The van der Waals surface area contributed by atoms with Gasteiger partial charge in [0.25, 0.3) is 5.91 Å². The molecular weight excluding hydrogens is 206 g/mol. The van der Waals surface area contributed by atoms with Crippen LogP contribution in [0.2, 0.25) is 0 Å². The molecule has 16 heavy (non-hydrogen) atoms. The minimum atomic E-state index is -0.333. The van der Waals surface area contributed by atoms with Crippen LogP contribution in [0.4, 0.5) is 11.5 Å². The van der Waals surface area contributed by atoms with Gasteiger partial charge in [-0.3, -0.25) is 14.8 Å². The average Bonchev–Trinajstić information content (AvgIpc) is 2.31. The minimum Gasteiger partial charge on any atom is -0.397 e. The first kappa shape index (κ1) is 10.0. The van der Waals surface area contributed by atoms with Gasteiger partial charge >= 0.3 is 0 Å². The molecule has 2 heterocycles. The number of nitrogens with two attached hydrogens (primary N) is 1. The maximum absolute atomic E-state index is 11.7. The Balaban J connectivity index is 2.19. The molecule has 0 fully saturated rings. The zero-order chi connectivity index (χ0) is 11.4. The molecule has 2 aromatic rings. The highest BCUT2D eigenvalue weighted by Gasteiger charge is 2.09. The van der Waals surface area contributed by atoms with Gasteiger partial charge in [0.15, 0.2) is 5.82 Å². The topological polar surface area (TPSA) is 93.8 Å². The molecular formula is C10H9N5O. The number of hydrogen-bond donors (Lipinski definition) is 2. The lowest BCUT2D eigenvalue weighted by atomic mass is 10.2. The second kappa shape index (κ2) is 4.35. The van der Waals surface area contributed by atoms with Crippen molar-refractivity contribution in [3.05, 3.63) is 42.6 Å². The minimum absolute atomic E-state index is 0.323. The summed E-state index contributed by atoms with van der Waals surface area (Å²) < 4.78 is 0. The average molecular weight is 215 g/mol. The van der Waals surface area contributed by atoms with Gasteiger partial charge in [-0.15, -0.1) is 0 Å². The highest BCUT2D eigenvalue weighted by atomic mass is 16.1. The summed E-state index contributed by atoms with van der Waals surface area (Å²) in [5, 5.41) is 2.58. The number of pyridine rings is 1. The van der Waals surface area contributed by atoms with E-state index in [0.29, 0.717) is 17.1 Å². The zero-order valence-electron chi connectivity index (χ0n) is 8.29. The van der Waals surface area contributed by atoms with Crippen molar-refractivity contribution in [3.63, 3.8) is 0 Å². The molecule has 6 heteroatoms. The third-order valence-electron chi connectivity index (χ3n) is 1.90. The molecule has 2 aromatic heterocycles. The van der Waals surface area contributed by atoms with E-state index in [1.165, 1.54) is 31.0 Å². The highest BCUT2D eigenvalue weighted by molar-refractivity contribution is 6.07. The standard InChI is InChI=1S/C10H9N5O/c11-8-5-12-2-1-7(8)10(16)15-9-6-13-3-4-14-9/h1-6H,11H2,(H,14,15,16). The van der Waals surface area contributed by atoms with Gasteiger partial charge in [0.2, 0.25) is 0 Å². The molecule has 0 aliphatic heterocycles. The first-order chi connectivity index (χ1) is 7.77. The Labute approximate surface area is 91.6 Å². The number of hydrogen-bond acceptors (Lipinski definition) is 5. The number of carbonyl (C=O) groups is 1. The Morgan fingerprint density at radius 3 is 2.69 bits per heavy atom. The molecule has 0 aromatic carbocycles. The lowest BCUT2D eigenvalue weighted by Crippen LogP contribution is -2.15. The van der Waals surface area contributed by atoms with Crippen molar-refractivity contribution in [1.29, 1.82) is 0 Å². The molecule has 80 valence electrons. The highest BCUT2D eigenvalue weighted by Crippen LogP contribution is 2.10. The van der Waals surface area contributed by atoms with Crippen LogP contribution >= 0.6 is 0 Å². The number of nitrogens with one attached hydrogen (secondary N) is 1. The third kappa shape index (κ3) is 2.11. The van der Waals surface area contributed by atoms with Crippen LogP contribution in [0, 0.1) is 0 Å². The zero-order valence-corrected chi connectivity index (χ0v) is 8.29. The Hall–Kier alpha value is -2.50. The van der Waals surface area contributed by atoms with E-state index in [2.05, 4.69) is 20.3 Å². The quantitative estimate of drug-likeness (QED) is 0.769. The van der Waals surface area contributed by atoms with Gasteiger partial charge < -0.3 is 11.1 Å². The summed E-state index contributed by atoms with van der Waals surface area (Å²) in [6.45, 7) is 0. The fourth-order valence-corrected chi connectivity index (χ4v) is 1.16. The SMILES string of the molecule is Nc1cnccc1C(=O)Nc1cnccn1. The molecule has 3 N–H and O–H groups in total. The van der Waals surface area contributed by atoms with Crippen LogP contribution < -0.4 is 11.1 Å². The van der Waals surface area contributed by atoms with Crippen molar-refractivity contribution in [2.24, 2.45) is 0 Å². The molecule has 2 rings (SSSR count). The molecule has 1 amide bonds. The first-order valence-corrected chi connectivity index (χ1v) is 4.54. The van der Waals surface area contributed by atoms with E-state index >= 15 is 0 Å². The van der Waals surface area contributed by atoms with E-state index in [0.717, 1.165) is 0 Å². The normalized spacial score (nSPS) is 9.75. The molecule has 0 atom stereocenters. The van der Waals surface area contributed by atoms with Crippen LogP contribution in [0.5, 0.6) is 0 Å². The van der Waals surface area contributed by atoms with Crippen LogP contribution in [-0.2, 0) is 0 Å².